The molecule has 0 fully saturated rings. The molecule has 0 aliphatic carbocycles. The summed E-state index contributed by atoms with van der Waals surface area (Å²) < 4.78 is 5.23. The monoisotopic (exact) mass is 270 g/mol. The molecule has 3 heteroatoms. The van der Waals surface area contributed by atoms with Crippen molar-refractivity contribution in [3.05, 3.63) is 54.1 Å². The normalized spacial score (nSPS) is 11.9. The van der Waals surface area contributed by atoms with Crippen LogP contribution in [0.1, 0.15) is 18.9 Å². The fraction of sp³-hybridized carbons (Fsp3) is 0.294. The Morgan fingerprint density at radius 1 is 1.15 bits per heavy atom. The molecule has 0 aliphatic heterocycles. The van der Waals surface area contributed by atoms with E-state index >= 15 is 0 Å². The van der Waals surface area contributed by atoms with Crippen LogP contribution in [0, 0.1) is 0 Å². The molecule has 0 amide bonds. The Labute approximate surface area is 120 Å². The van der Waals surface area contributed by atoms with Gasteiger partial charge in [0, 0.05) is 12.1 Å². The number of ether oxygens (including phenoxy) is 1. The van der Waals surface area contributed by atoms with E-state index in [0.29, 0.717) is 6.04 Å². The van der Waals surface area contributed by atoms with Crippen LogP contribution in [0.3, 0.4) is 0 Å². The highest BCUT2D eigenvalue weighted by Crippen LogP contribution is 2.25. The van der Waals surface area contributed by atoms with E-state index in [4.69, 9.17) is 10.5 Å². The first-order chi connectivity index (χ1) is 9.69. The number of hydrogen-bond donors (Lipinski definition) is 2. The Morgan fingerprint density at radius 3 is 2.60 bits per heavy atom. The van der Waals surface area contributed by atoms with Gasteiger partial charge in [-0.2, -0.15) is 0 Å². The van der Waals surface area contributed by atoms with Crippen molar-refractivity contribution in [1.29, 1.82) is 0 Å². The van der Waals surface area contributed by atoms with Crippen molar-refractivity contribution < 1.29 is 4.74 Å². The number of nitrogen functional groups attached to an aromatic ring is 1. The molecule has 0 radical (unpaired) electrons. The van der Waals surface area contributed by atoms with E-state index in [0.717, 1.165) is 30.0 Å². The van der Waals surface area contributed by atoms with Gasteiger partial charge in [-0.1, -0.05) is 30.3 Å². The number of methoxy groups -OCH3 is 1. The second-order valence-corrected chi connectivity index (χ2v) is 5.02. The molecule has 0 saturated heterocycles. The summed E-state index contributed by atoms with van der Waals surface area (Å²) >= 11 is 0. The van der Waals surface area contributed by atoms with Crippen LogP contribution in [0.4, 0.5) is 11.4 Å². The Balaban J connectivity index is 1.92. The lowest BCUT2D eigenvalue weighted by atomic mass is 10.1. The maximum atomic E-state index is 5.98. The molecule has 2 rings (SSSR count). The van der Waals surface area contributed by atoms with Crippen molar-refractivity contribution in [3.8, 4) is 5.75 Å². The van der Waals surface area contributed by atoms with Gasteiger partial charge in [-0.3, -0.25) is 0 Å². The Kier molecular flexibility index (Phi) is 4.88. The summed E-state index contributed by atoms with van der Waals surface area (Å²) in [6.45, 7) is 2.17. The number of nitrogens with one attached hydrogen (secondary N) is 1. The van der Waals surface area contributed by atoms with Crippen LogP contribution in [0.5, 0.6) is 5.75 Å². The summed E-state index contributed by atoms with van der Waals surface area (Å²) in [5, 5.41) is 3.45. The van der Waals surface area contributed by atoms with Crippen LogP contribution in [-0.2, 0) is 6.42 Å². The van der Waals surface area contributed by atoms with Gasteiger partial charge in [0.25, 0.3) is 0 Å². The summed E-state index contributed by atoms with van der Waals surface area (Å²) in [5.41, 5.74) is 9.03. The minimum absolute atomic E-state index is 0.351. The van der Waals surface area contributed by atoms with Gasteiger partial charge in [-0.25, -0.2) is 0 Å². The average Bonchev–Trinajstić information content (AvgIpc) is 2.48. The fourth-order valence-electron chi connectivity index (χ4n) is 2.15. The average molecular weight is 270 g/mol. The molecular weight excluding hydrogens is 248 g/mol. The van der Waals surface area contributed by atoms with E-state index in [-0.39, 0.29) is 0 Å². The number of benzene rings is 2. The molecule has 3 N–H and O–H groups in total. The van der Waals surface area contributed by atoms with Gasteiger partial charge in [-0.05, 0) is 37.5 Å². The smallest absolute Gasteiger partial charge is 0.121 e. The Morgan fingerprint density at radius 2 is 1.90 bits per heavy atom. The van der Waals surface area contributed by atoms with Gasteiger partial charge in [0.2, 0.25) is 0 Å². The lowest BCUT2D eigenvalue weighted by Gasteiger charge is -2.17. The van der Waals surface area contributed by atoms with Gasteiger partial charge in [0.1, 0.15) is 5.75 Å². The van der Waals surface area contributed by atoms with Crippen molar-refractivity contribution >= 4 is 11.4 Å². The molecule has 1 unspecified atom stereocenters. The van der Waals surface area contributed by atoms with Crippen LogP contribution in [0.15, 0.2) is 48.5 Å². The minimum atomic E-state index is 0.351. The standard InChI is InChI=1S/C17H22N2O/c1-13(8-9-14-6-4-3-5-7-14)19-17-12-15(20-2)10-11-16(17)18/h3-7,10-13,19H,8-9,18H2,1-2H3. The topological polar surface area (TPSA) is 47.3 Å². The predicted molar refractivity (Wildman–Crippen MR) is 85.3 cm³/mol. The summed E-state index contributed by atoms with van der Waals surface area (Å²) in [6.07, 6.45) is 2.11. The summed E-state index contributed by atoms with van der Waals surface area (Å²) in [6, 6.07) is 16.5. The molecule has 2 aromatic carbocycles. The molecule has 2 aromatic rings. The first kappa shape index (κ1) is 14.3. The Hall–Kier alpha value is -2.16. The highest BCUT2D eigenvalue weighted by Gasteiger charge is 2.06. The van der Waals surface area contributed by atoms with Gasteiger partial charge in [-0.15, -0.1) is 0 Å². The minimum Gasteiger partial charge on any atom is -0.497 e. The Bertz CT molecular complexity index is 540. The fourth-order valence-corrected chi connectivity index (χ4v) is 2.15. The predicted octanol–water partition coefficient (Wildman–Crippen LogP) is 3.71. The largest absolute Gasteiger partial charge is 0.497 e. The van der Waals surface area contributed by atoms with Crippen LogP contribution in [-0.4, -0.2) is 13.2 Å². The molecule has 0 saturated carbocycles. The van der Waals surface area contributed by atoms with E-state index in [9.17, 15) is 0 Å². The summed E-state index contributed by atoms with van der Waals surface area (Å²) in [4.78, 5) is 0. The first-order valence-corrected chi connectivity index (χ1v) is 6.93. The summed E-state index contributed by atoms with van der Waals surface area (Å²) in [5.74, 6) is 0.817. The molecular formula is C17H22N2O. The highest BCUT2D eigenvalue weighted by molar-refractivity contribution is 5.68. The van der Waals surface area contributed by atoms with Crippen molar-refractivity contribution in [2.24, 2.45) is 0 Å². The number of anilines is 2. The molecule has 0 bridgehead atoms. The number of aryl methyl sites for hydroxylation is 1. The van der Waals surface area contributed by atoms with E-state index < -0.39 is 0 Å². The van der Waals surface area contributed by atoms with Crippen LogP contribution < -0.4 is 15.8 Å². The molecule has 0 heterocycles. The molecule has 0 spiro atoms. The maximum Gasteiger partial charge on any atom is 0.121 e. The van der Waals surface area contributed by atoms with Gasteiger partial charge >= 0.3 is 0 Å². The van der Waals surface area contributed by atoms with Crippen LogP contribution >= 0.6 is 0 Å². The SMILES string of the molecule is COc1ccc(N)c(NC(C)CCc2ccccc2)c1. The molecule has 0 aliphatic rings. The number of rotatable bonds is 6. The van der Waals surface area contributed by atoms with Crippen molar-refractivity contribution in [2.45, 2.75) is 25.8 Å². The van der Waals surface area contributed by atoms with E-state index in [1.807, 2.05) is 24.3 Å². The highest BCUT2D eigenvalue weighted by atomic mass is 16.5. The second-order valence-electron chi connectivity index (χ2n) is 5.02. The van der Waals surface area contributed by atoms with Gasteiger partial charge in [0.05, 0.1) is 18.5 Å². The molecule has 3 nitrogen and oxygen atoms in total. The third-order valence-corrected chi connectivity index (χ3v) is 3.37. The van der Waals surface area contributed by atoms with Crippen LogP contribution in [0.2, 0.25) is 0 Å². The molecule has 20 heavy (non-hydrogen) atoms. The zero-order chi connectivity index (χ0) is 14.4. The van der Waals surface area contributed by atoms with E-state index in [1.165, 1.54) is 5.56 Å². The summed E-state index contributed by atoms with van der Waals surface area (Å²) in [7, 11) is 1.66. The maximum absolute atomic E-state index is 5.98. The van der Waals surface area contributed by atoms with E-state index in [1.54, 1.807) is 7.11 Å². The van der Waals surface area contributed by atoms with Gasteiger partial charge < -0.3 is 15.8 Å². The molecule has 106 valence electrons. The lowest BCUT2D eigenvalue weighted by Crippen LogP contribution is -2.17. The van der Waals surface area contributed by atoms with Crippen molar-refractivity contribution in [2.75, 3.05) is 18.2 Å². The number of nitrogens with two attached hydrogens (primary N) is 1. The zero-order valence-electron chi connectivity index (χ0n) is 12.1. The van der Waals surface area contributed by atoms with Crippen molar-refractivity contribution in [1.82, 2.24) is 0 Å². The zero-order valence-corrected chi connectivity index (χ0v) is 12.1. The third-order valence-electron chi connectivity index (χ3n) is 3.37. The molecule has 0 aromatic heterocycles. The first-order valence-electron chi connectivity index (χ1n) is 6.93. The van der Waals surface area contributed by atoms with E-state index in [2.05, 4.69) is 36.5 Å². The second kappa shape index (κ2) is 6.85. The van der Waals surface area contributed by atoms with Gasteiger partial charge in [0.15, 0.2) is 0 Å². The quantitative estimate of drug-likeness (QED) is 0.787. The van der Waals surface area contributed by atoms with Crippen LogP contribution in [0.25, 0.3) is 0 Å². The lowest BCUT2D eigenvalue weighted by molar-refractivity contribution is 0.415. The van der Waals surface area contributed by atoms with Crippen molar-refractivity contribution in [3.63, 3.8) is 0 Å². The third kappa shape index (κ3) is 3.92. The number of hydrogen-bond acceptors (Lipinski definition) is 3. The molecule has 1 atom stereocenters.